The number of nitrogens with zero attached hydrogens (tertiary/aromatic N) is 2. The standard InChI is InChI=1S/C15H20N2O3/c1-10-13(9-18)11(2)17(16-10)8-12-5-6-14(19-3)15(7-12)20-4/h5-7,18H,8-9H2,1-4H3. The number of methoxy groups -OCH3 is 2. The van der Waals surface area contributed by atoms with Crippen molar-refractivity contribution in [1.29, 1.82) is 0 Å². The van der Waals surface area contributed by atoms with Gasteiger partial charge in [0.1, 0.15) is 0 Å². The lowest BCUT2D eigenvalue weighted by atomic mass is 10.2. The van der Waals surface area contributed by atoms with Gasteiger partial charge >= 0.3 is 0 Å². The van der Waals surface area contributed by atoms with Crippen molar-refractivity contribution in [2.75, 3.05) is 14.2 Å². The Morgan fingerprint density at radius 2 is 1.85 bits per heavy atom. The molecule has 0 fully saturated rings. The summed E-state index contributed by atoms with van der Waals surface area (Å²) in [5.41, 5.74) is 3.81. The van der Waals surface area contributed by atoms with Gasteiger partial charge in [0.25, 0.3) is 0 Å². The predicted octanol–water partition coefficient (Wildman–Crippen LogP) is 2.06. The molecule has 5 heteroatoms. The molecule has 0 radical (unpaired) electrons. The van der Waals surface area contributed by atoms with Crippen LogP contribution in [0.25, 0.3) is 0 Å². The van der Waals surface area contributed by atoms with Crippen LogP contribution in [-0.2, 0) is 13.2 Å². The summed E-state index contributed by atoms with van der Waals surface area (Å²) in [6.45, 7) is 4.52. The van der Waals surface area contributed by atoms with E-state index in [1.165, 1.54) is 0 Å². The molecule has 1 aromatic heterocycles. The maximum absolute atomic E-state index is 9.34. The topological polar surface area (TPSA) is 56.5 Å². The Balaban J connectivity index is 2.30. The lowest BCUT2D eigenvalue weighted by molar-refractivity contribution is 0.280. The monoisotopic (exact) mass is 276 g/mol. The number of aromatic nitrogens is 2. The Hall–Kier alpha value is -2.01. The second-order valence-corrected chi connectivity index (χ2v) is 4.65. The Labute approximate surface area is 118 Å². The molecule has 2 aromatic rings. The van der Waals surface area contributed by atoms with Gasteiger partial charge in [-0.2, -0.15) is 5.10 Å². The van der Waals surface area contributed by atoms with E-state index in [9.17, 15) is 5.11 Å². The Morgan fingerprint density at radius 1 is 1.15 bits per heavy atom. The number of aliphatic hydroxyl groups excluding tert-OH is 1. The molecule has 2 rings (SSSR count). The highest BCUT2D eigenvalue weighted by molar-refractivity contribution is 5.43. The van der Waals surface area contributed by atoms with E-state index in [0.717, 1.165) is 22.5 Å². The molecule has 0 aliphatic rings. The van der Waals surface area contributed by atoms with Gasteiger partial charge in [-0.05, 0) is 31.5 Å². The summed E-state index contributed by atoms with van der Waals surface area (Å²) in [6, 6.07) is 5.80. The van der Waals surface area contributed by atoms with E-state index in [1.54, 1.807) is 14.2 Å². The van der Waals surface area contributed by atoms with Gasteiger partial charge in [-0.1, -0.05) is 6.07 Å². The molecule has 1 aromatic carbocycles. The van der Waals surface area contributed by atoms with Crippen LogP contribution in [0.1, 0.15) is 22.5 Å². The van der Waals surface area contributed by atoms with E-state index < -0.39 is 0 Å². The minimum Gasteiger partial charge on any atom is -0.493 e. The molecule has 0 bridgehead atoms. The van der Waals surface area contributed by atoms with E-state index in [0.29, 0.717) is 18.0 Å². The van der Waals surface area contributed by atoms with E-state index in [2.05, 4.69) is 5.10 Å². The molecular formula is C15H20N2O3. The van der Waals surface area contributed by atoms with Crippen LogP contribution in [0.3, 0.4) is 0 Å². The second-order valence-electron chi connectivity index (χ2n) is 4.65. The van der Waals surface area contributed by atoms with Crippen molar-refractivity contribution in [1.82, 2.24) is 9.78 Å². The average molecular weight is 276 g/mol. The molecule has 5 nitrogen and oxygen atoms in total. The summed E-state index contributed by atoms with van der Waals surface area (Å²) in [4.78, 5) is 0. The van der Waals surface area contributed by atoms with Crippen LogP contribution < -0.4 is 9.47 Å². The third kappa shape index (κ3) is 2.63. The Morgan fingerprint density at radius 3 is 2.40 bits per heavy atom. The lowest BCUT2D eigenvalue weighted by Crippen LogP contribution is -2.05. The van der Waals surface area contributed by atoms with Gasteiger partial charge in [0.05, 0.1) is 33.1 Å². The maximum Gasteiger partial charge on any atom is 0.161 e. The van der Waals surface area contributed by atoms with Gasteiger partial charge in [-0.3, -0.25) is 4.68 Å². The molecular weight excluding hydrogens is 256 g/mol. The number of hydrogen-bond acceptors (Lipinski definition) is 4. The molecule has 1 heterocycles. The van der Waals surface area contributed by atoms with Crippen molar-refractivity contribution in [2.45, 2.75) is 27.0 Å². The molecule has 0 amide bonds. The van der Waals surface area contributed by atoms with Gasteiger partial charge in [-0.15, -0.1) is 0 Å². The molecule has 20 heavy (non-hydrogen) atoms. The Kier molecular flexibility index (Phi) is 4.29. The SMILES string of the molecule is COc1ccc(Cn2nc(C)c(CO)c2C)cc1OC. The maximum atomic E-state index is 9.34. The van der Waals surface area contributed by atoms with Crippen molar-refractivity contribution in [3.8, 4) is 11.5 Å². The average Bonchev–Trinajstić information content (AvgIpc) is 2.72. The zero-order valence-electron chi connectivity index (χ0n) is 12.3. The van der Waals surface area contributed by atoms with Crippen molar-refractivity contribution >= 4 is 0 Å². The molecule has 0 unspecified atom stereocenters. The van der Waals surface area contributed by atoms with Gasteiger partial charge < -0.3 is 14.6 Å². The normalized spacial score (nSPS) is 10.7. The minimum atomic E-state index is 0.0175. The second kappa shape index (κ2) is 5.96. The first kappa shape index (κ1) is 14.4. The highest BCUT2D eigenvalue weighted by Gasteiger charge is 2.11. The molecule has 0 atom stereocenters. The van der Waals surface area contributed by atoms with Crippen molar-refractivity contribution in [2.24, 2.45) is 0 Å². The zero-order valence-corrected chi connectivity index (χ0v) is 12.3. The smallest absolute Gasteiger partial charge is 0.161 e. The van der Waals surface area contributed by atoms with Crippen LogP contribution in [0.5, 0.6) is 11.5 Å². The summed E-state index contributed by atoms with van der Waals surface area (Å²) in [7, 11) is 3.24. The highest BCUT2D eigenvalue weighted by Crippen LogP contribution is 2.28. The third-order valence-electron chi connectivity index (χ3n) is 3.47. The summed E-state index contributed by atoms with van der Waals surface area (Å²) in [6.07, 6.45) is 0. The first-order valence-corrected chi connectivity index (χ1v) is 6.45. The molecule has 0 aliphatic heterocycles. The van der Waals surface area contributed by atoms with Crippen LogP contribution in [0.4, 0.5) is 0 Å². The van der Waals surface area contributed by atoms with Crippen molar-refractivity contribution in [3.05, 3.63) is 40.7 Å². The number of hydrogen-bond donors (Lipinski definition) is 1. The number of ether oxygens (including phenoxy) is 2. The molecule has 1 N–H and O–H groups in total. The van der Waals surface area contributed by atoms with Gasteiger partial charge in [0, 0.05) is 11.3 Å². The van der Waals surface area contributed by atoms with E-state index in [-0.39, 0.29) is 6.61 Å². The largest absolute Gasteiger partial charge is 0.493 e. The van der Waals surface area contributed by atoms with Gasteiger partial charge in [0.15, 0.2) is 11.5 Å². The fourth-order valence-electron chi connectivity index (χ4n) is 2.27. The fraction of sp³-hybridized carbons (Fsp3) is 0.400. The number of rotatable bonds is 5. The fourth-order valence-corrected chi connectivity index (χ4v) is 2.27. The number of benzene rings is 1. The van der Waals surface area contributed by atoms with Crippen LogP contribution >= 0.6 is 0 Å². The third-order valence-corrected chi connectivity index (χ3v) is 3.47. The van der Waals surface area contributed by atoms with Crippen LogP contribution in [-0.4, -0.2) is 29.1 Å². The minimum absolute atomic E-state index is 0.0175. The molecule has 0 aliphatic carbocycles. The van der Waals surface area contributed by atoms with E-state index in [1.807, 2.05) is 36.7 Å². The molecule has 0 spiro atoms. The first-order chi connectivity index (χ1) is 9.60. The van der Waals surface area contributed by atoms with Crippen molar-refractivity contribution < 1.29 is 14.6 Å². The van der Waals surface area contributed by atoms with Crippen LogP contribution in [0, 0.1) is 13.8 Å². The number of aryl methyl sites for hydroxylation is 1. The van der Waals surface area contributed by atoms with Gasteiger partial charge in [0.2, 0.25) is 0 Å². The summed E-state index contributed by atoms with van der Waals surface area (Å²) in [5.74, 6) is 1.41. The Bertz CT molecular complexity index is 605. The summed E-state index contributed by atoms with van der Waals surface area (Å²) in [5, 5.41) is 13.8. The van der Waals surface area contributed by atoms with E-state index >= 15 is 0 Å². The van der Waals surface area contributed by atoms with Gasteiger partial charge in [-0.25, -0.2) is 0 Å². The zero-order chi connectivity index (χ0) is 14.7. The van der Waals surface area contributed by atoms with E-state index in [4.69, 9.17) is 9.47 Å². The highest BCUT2D eigenvalue weighted by atomic mass is 16.5. The molecule has 0 saturated carbocycles. The predicted molar refractivity (Wildman–Crippen MR) is 76.3 cm³/mol. The lowest BCUT2D eigenvalue weighted by Gasteiger charge is -2.10. The first-order valence-electron chi connectivity index (χ1n) is 6.45. The molecule has 0 saturated heterocycles. The summed E-state index contributed by atoms with van der Waals surface area (Å²) < 4.78 is 12.4. The summed E-state index contributed by atoms with van der Waals surface area (Å²) >= 11 is 0. The van der Waals surface area contributed by atoms with Crippen LogP contribution in [0.2, 0.25) is 0 Å². The number of aliphatic hydroxyl groups is 1. The van der Waals surface area contributed by atoms with Crippen LogP contribution in [0.15, 0.2) is 18.2 Å². The quantitative estimate of drug-likeness (QED) is 0.908. The molecule has 108 valence electrons. The van der Waals surface area contributed by atoms with Crippen molar-refractivity contribution in [3.63, 3.8) is 0 Å².